The third-order valence-corrected chi connectivity index (χ3v) is 4.38. The monoisotopic (exact) mass is 334 g/mol. The zero-order chi connectivity index (χ0) is 17.7. The molecular formula is C18H26N2O4. The number of ether oxygens (including phenoxy) is 2. The second-order valence-electron chi connectivity index (χ2n) is 6.03. The number of carbonyl (C=O) groups excluding carboxylic acids is 2. The summed E-state index contributed by atoms with van der Waals surface area (Å²) in [5.74, 6) is 0.449. The smallest absolute Gasteiger partial charge is 0.312 e. The van der Waals surface area contributed by atoms with Gasteiger partial charge >= 0.3 is 11.8 Å². The van der Waals surface area contributed by atoms with E-state index in [0.29, 0.717) is 37.6 Å². The average molecular weight is 334 g/mol. The van der Waals surface area contributed by atoms with Crippen LogP contribution in [0.5, 0.6) is 11.5 Å². The van der Waals surface area contributed by atoms with Gasteiger partial charge in [-0.05, 0) is 36.1 Å². The highest BCUT2D eigenvalue weighted by Crippen LogP contribution is 2.33. The average Bonchev–Trinajstić information content (AvgIpc) is 2.62. The maximum absolute atomic E-state index is 12.5. The molecule has 1 aromatic carbocycles. The van der Waals surface area contributed by atoms with Crippen molar-refractivity contribution in [3.8, 4) is 11.5 Å². The number of rotatable bonds is 5. The molecule has 2 rings (SSSR count). The van der Waals surface area contributed by atoms with Crippen LogP contribution >= 0.6 is 0 Å². The molecule has 0 fully saturated rings. The lowest BCUT2D eigenvalue weighted by atomic mass is 9.98. The number of methoxy groups -OCH3 is 2. The van der Waals surface area contributed by atoms with Gasteiger partial charge in [-0.2, -0.15) is 0 Å². The largest absolute Gasteiger partial charge is 0.493 e. The normalized spacial score (nSPS) is 13.2. The van der Waals surface area contributed by atoms with Gasteiger partial charge in [0.1, 0.15) is 0 Å². The fourth-order valence-corrected chi connectivity index (χ4v) is 2.85. The van der Waals surface area contributed by atoms with Crippen LogP contribution in [0.3, 0.4) is 0 Å². The molecule has 0 N–H and O–H groups in total. The van der Waals surface area contributed by atoms with Gasteiger partial charge in [-0.1, -0.05) is 13.3 Å². The molecule has 1 heterocycles. The first-order chi connectivity index (χ1) is 11.5. The number of amides is 2. The van der Waals surface area contributed by atoms with Gasteiger partial charge < -0.3 is 19.3 Å². The summed E-state index contributed by atoms with van der Waals surface area (Å²) in [7, 11) is 4.87. The Labute approximate surface area is 143 Å². The molecule has 6 heteroatoms. The lowest BCUT2D eigenvalue weighted by molar-refractivity contribution is -0.151. The van der Waals surface area contributed by atoms with Crippen molar-refractivity contribution in [2.45, 2.75) is 32.7 Å². The van der Waals surface area contributed by atoms with E-state index in [1.807, 2.05) is 12.1 Å². The van der Waals surface area contributed by atoms with Crippen molar-refractivity contribution in [1.82, 2.24) is 9.80 Å². The van der Waals surface area contributed by atoms with Crippen molar-refractivity contribution in [3.63, 3.8) is 0 Å². The first kappa shape index (κ1) is 18.1. The van der Waals surface area contributed by atoms with Crippen molar-refractivity contribution in [1.29, 1.82) is 0 Å². The van der Waals surface area contributed by atoms with E-state index in [2.05, 4.69) is 6.92 Å². The van der Waals surface area contributed by atoms with Crippen molar-refractivity contribution >= 4 is 11.8 Å². The van der Waals surface area contributed by atoms with Crippen molar-refractivity contribution in [2.75, 3.05) is 34.4 Å². The topological polar surface area (TPSA) is 59.1 Å². The number of benzene rings is 1. The molecule has 1 aliphatic rings. The summed E-state index contributed by atoms with van der Waals surface area (Å²) in [4.78, 5) is 27.9. The fourth-order valence-electron chi connectivity index (χ4n) is 2.85. The van der Waals surface area contributed by atoms with E-state index in [1.165, 1.54) is 4.90 Å². The minimum atomic E-state index is -0.438. The van der Waals surface area contributed by atoms with Crippen LogP contribution in [-0.4, -0.2) is 56.0 Å². The number of nitrogens with zero attached hydrogens (tertiary/aromatic N) is 2. The molecule has 0 saturated heterocycles. The Kier molecular flexibility index (Phi) is 6.06. The van der Waals surface area contributed by atoms with Gasteiger partial charge in [-0.15, -0.1) is 0 Å². The molecule has 0 saturated carbocycles. The van der Waals surface area contributed by atoms with Crippen LogP contribution in [0.4, 0.5) is 0 Å². The number of likely N-dealkylation sites (N-methyl/N-ethyl adjacent to an activating group) is 1. The second kappa shape index (κ2) is 8.04. The summed E-state index contributed by atoms with van der Waals surface area (Å²) in [6, 6.07) is 3.84. The van der Waals surface area contributed by atoms with Crippen molar-refractivity contribution in [3.05, 3.63) is 23.3 Å². The number of unbranched alkanes of at least 4 members (excludes halogenated alkanes) is 1. The molecule has 0 atom stereocenters. The molecular weight excluding hydrogens is 308 g/mol. The Morgan fingerprint density at radius 1 is 1.17 bits per heavy atom. The second-order valence-corrected chi connectivity index (χ2v) is 6.03. The summed E-state index contributed by atoms with van der Waals surface area (Å²) >= 11 is 0. The standard InChI is InChI=1S/C18H26N2O4/c1-5-6-8-19(2)17(21)18(22)20-9-7-13-10-15(23-3)16(24-4)11-14(13)12-20/h10-11H,5-9,12H2,1-4H3. The van der Waals surface area contributed by atoms with Gasteiger partial charge in [0.15, 0.2) is 11.5 Å². The molecule has 0 spiro atoms. The molecule has 132 valence electrons. The SMILES string of the molecule is CCCCN(C)C(=O)C(=O)N1CCc2cc(OC)c(OC)cc2C1. The minimum absolute atomic E-state index is 0.419. The highest BCUT2D eigenvalue weighted by molar-refractivity contribution is 6.34. The molecule has 0 unspecified atom stereocenters. The number of fused-ring (bicyclic) bond motifs is 1. The highest BCUT2D eigenvalue weighted by atomic mass is 16.5. The van der Waals surface area contributed by atoms with Gasteiger partial charge in [-0.3, -0.25) is 9.59 Å². The van der Waals surface area contributed by atoms with E-state index in [1.54, 1.807) is 26.2 Å². The van der Waals surface area contributed by atoms with Crippen LogP contribution in [0.2, 0.25) is 0 Å². The molecule has 1 aromatic rings. The van der Waals surface area contributed by atoms with Crippen LogP contribution in [0.25, 0.3) is 0 Å². The van der Waals surface area contributed by atoms with E-state index in [0.717, 1.165) is 24.0 Å². The van der Waals surface area contributed by atoms with Crippen molar-refractivity contribution in [2.24, 2.45) is 0 Å². The first-order valence-corrected chi connectivity index (χ1v) is 8.30. The highest BCUT2D eigenvalue weighted by Gasteiger charge is 2.28. The third kappa shape index (κ3) is 3.80. The van der Waals surface area contributed by atoms with E-state index in [9.17, 15) is 9.59 Å². The zero-order valence-electron chi connectivity index (χ0n) is 14.9. The lowest BCUT2D eigenvalue weighted by Gasteiger charge is -2.30. The van der Waals surface area contributed by atoms with Gasteiger partial charge in [-0.25, -0.2) is 0 Å². The zero-order valence-corrected chi connectivity index (χ0v) is 14.9. The number of hydrogen-bond donors (Lipinski definition) is 0. The molecule has 1 aliphatic heterocycles. The Hall–Kier alpha value is -2.24. The Balaban J connectivity index is 2.11. The summed E-state index contributed by atoms with van der Waals surface area (Å²) in [6.45, 7) is 3.62. The summed E-state index contributed by atoms with van der Waals surface area (Å²) in [5, 5.41) is 0. The fraction of sp³-hybridized carbons (Fsp3) is 0.556. The van der Waals surface area contributed by atoms with Crippen LogP contribution < -0.4 is 9.47 Å². The van der Waals surface area contributed by atoms with Gasteiger partial charge in [0.05, 0.1) is 14.2 Å². The first-order valence-electron chi connectivity index (χ1n) is 8.30. The maximum Gasteiger partial charge on any atom is 0.312 e. The molecule has 24 heavy (non-hydrogen) atoms. The number of hydrogen-bond acceptors (Lipinski definition) is 4. The Morgan fingerprint density at radius 2 is 1.79 bits per heavy atom. The maximum atomic E-state index is 12.5. The van der Waals surface area contributed by atoms with Crippen LogP contribution in [0.15, 0.2) is 12.1 Å². The lowest BCUT2D eigenvalue weighted by Crippen LogP contribution is -2.45. The predicted octanol–water partition coefficient (Wildman–Crippen LogP) is 1.85. The van der Waals surface area contributed by atoms with Gasteiger partial charge in [0.2, 0.25) is 0 Å². The molecule has 6 nitrogen and oxygen atoms in total. The summed E-state index contributed by atoms with van der Waals surface area (Å²) < 4.78 is 10.6. The minimum Gasteiger partial charge on any atom is -0.493 e. The summed E-state index contributed by atoms with van der Waals surface area (Å²) in [5.41, 5.74) is 2.12. The molecule has 0 bridgehead atoms. The predicted molar refractivity (Wildman–Crippen MR) is 91.2 cm³/mol. The molecule has 0 radical (unpaired) electrons. The van der Waals surface area contributed by atoms with Gasteiger partial charge in [0.25, 0.3) is 0 Å². The van der Waals surface area contributed by atoms with Crippen LogP contribution in [0, 0.1) is 0 Å². The van der Waals surface area contributed by atoms with Crippen LogP contribution in [0.1, 0.15) is 30.9 Å². The molecule has 0 aliphatic carbocycles. The van der Waals surface area contributed by atoms with E-state index in [4.69, 9.17) is 9.47 Å². The van der Waals surface area contributed by atoms with Crippen LogP contribution in [-0.2, 0) is 22.6 Å². The molecule has 0 aromatic heterocycles. The van der Waals surface area contributed by atoms with E-state index >= 15 is 0 Å². The van der Waals surface area contributed by atoms with E-state index in [-0.39, 0.29) is 0 Å². The van der Waals surface area contributed by atoms with Crippen molar-refractivity contribution < 1.29 is 19.1 Å². The number of carbonyl (C=O) groups is 2. The summed E-state index contributed by atoms with van der Waals surface area (Å²) in [6.07, 6.45) is 2.59. The van der Waals surface area contributed by atoms with E-state index < -0.39 is 11.8 Å². The Bertz CT molecular complexity index is 615. The Morgan fingerprint density at radius 3 is 2.38 bits per heavy atom. The van der Waals surface area contributed by atoms with Gasteiger partial charge in [0, 0.05) is 26.7 Å². The molecule has 2 amide bonds. The third-order valence-electron chi connectivity index (χ3n) is 4.38. The quantitative estimate of drug-likeness (QED) is 0.771.